The molecule has 0 bridgehead atoms. The van der Waals surface area contributed by atoms with Gasteiger partial charge in [0, 0.05) is 0 Å². The second-order valence-corrected chi connectivity index (χ2v) is 3.94. The molecule has 1 aromatic carbocycles. The number of benzene rings is 1. The number of hydrogen-bond donors (Lipinski definition) is 0. The number of carbonyl (C=O) groups excluding carboxylic acids is 2. The molecule has 0 fully saturated rings. The minimum atomic E-state index is -0.840. The van der Waals surface area contributed by atoms with Crippen molar-refractivity contribution in [3.63, 3.8) is 0 Å². The molecule has 0 aliphatic heterocycles. The number of rotatable bonds is 5. The third kappa shape index (κ3) is 4.13. The van der Waals surface area contributed by atoms with E-state index in [1.165, 1.54) is 0 Å². The molecule has 16 heavy (non-hydrogen) atoms. The van der Waals surface area contributed by atoms with Crippen molar-refractivity contribution in [2.24, 2.45) is 0 Å². The van der Waals surface area contributed by atoms with E-state index in [4.69, 9.17) is 9.47 Å². The molecule has 1 aromatic rings. The van der Waals surface area contributed by atoms with Gasteiger partial charge in [0.25, 0.3) is 6.47 Å². The highest BCUT2D eigenvalue weighted by Gasteiger charge is 2.24. The summed E-state index contributed by atoms with van der Waals surface area (Å²) >= 11 is 0. The lowest BCUT2D eigenvalue weighted by Crippen LogP contribution is -2.29. The molecule has 0 N–H and O–H groups in total. The lowest BCUT2D eigenvalue weighted by molar-refractivity contribution is -0.148. The molecule has 0 atom stereocenters. The molecular weight excluding hydrogens is 208 g/mol. The van der Waals surface area contributed by atoms with E-state index < -0.39 is 11.6 Å². The molecule has 0 unspecified atom stereocenters. The van der Waals surface area contributed by atoms with Gasteiger partial charge in [-0.1, -0.05) is 18.2 Å². The average Bonchev–Trinajstić information content (AvgIpc) is 2.17. The van der Waals surface area contributed by atoms with Crippen molar-refractivity contribution in [3.05, 3.63) is 30.3 Å². The van der Waals surface area contributed by atoms with Crippen LogP contribution in [0.4, 0.5) is 0 Å². The molecule has 0 amide bonds. The van der Waals surface area contributed by atoms with E-state index in [1.54, 1.807) is 38.1 Å². The molecule has 0 heterocycles. The summed E-state index contributed by atoms with van der Waals surface area (Å²) in [6.07, 6.45) is 0.0145. The maximum Gasteiger partial charge on any atom is 0.315 e. The van der Waals surface area contributed by atoms with Gasteiger partial charge < -0.3 is 9.47 Å². The van der Waals surface area contributed by atoms with Crippen LogP contribution in [-0.2, 0) is 14.3 Å². The highest BCUT2D eigenvalue weighted by atomic mass is 16.6. The number of ether oxygens (including phenoxy) is 2. The summed E-state index contributed by atoms with van der Waals surface area (Å²) in [7, 11) is 0. The summed E-state index contributed by atoms with van der Waals surface area (Å²) in [4.78, 5) is 21.7. The van der Waals surface area contributed by atoms with Crippen LogP contribution >= 0.6 is 0 Å². The number of carbonyl (C=O) groups is 2. The van der Waals surface area contributed by atoms with Crippen LogP contribution in [0, 0.1) is 0 Å². The van der Waals surface area contributed by atoms with Crippen molar-refractivity contribution in [1.29, 1.82) is 0 Å². The quantitative estimate of drug-likeness (QED) is 0.434. The van der Waals surface area contributed by atoms with Crippen molar-refractivity contribution >= 4 is 12.4 Å². The zero-order chi connectivity index (χ0) is 12.0. The minimum absolute atomic E-state index is 0.0145. The SMILES string of the molecule is CC(C)(CC(=O)Oc1ccccc1)OC=O. The van der Waals surface area contributed by atoms with E-state index in [1.807, 2.05) is 6.07 Å². The van der Waals surface area contributed by atoms with Crippen molar-refractivity contribution in [2.75, 3.05) is 0 Å². The molecule has 0 aliphatic rings. The van der Waals surface area contributed by atoms with Gasteiger partial charge in [-0.25, -0.2) is 0 Å². The molecule has 0 spiro atoms. The maximum absolute atomic E-state index is 11.5. The third-order valence-electron chi connectivity index (χ3n) is 1.91. The normalized spacial score (nSPS) is 10.6. The summed E-state index contributed by atoms with van der Waals surface area (Å²) < 4.78 is 9.82. The van der Waals surface area contributed by atoms with Gasteiger partial charge in [-0.15, -0.1) is 0 Å². The van der Waals surface area contributed by atoms with Gasteiger partial charge in [0.05, 0.1) is 6.42 Å². The first-order chi connectivity index (χ1) is 7.53. The van der Waals surface area contributed by atoms with E-state index in [2.05, 4.69) is 0 Å². The van der Waals surface area contributed by atoms with Gasteiger partial charge in [0.1, 0.15) is 11.4 Å². The van der Waals surface area contributed by atoms with Gasteiger partial charge in [-0.05, 0) is 26.0 Å². The zero-order valence-electron chi connectivity index (χ0n) is 9.30. The number of para-hydroxylation sites is 1. The largest absolute Gasteiger partial charge is 0.461 e. The second kappa shape index (κ2) is 5.30. The maximum atomic E-state index is 11.5. The summed E-state index contributed by atoms with van der Waals surface area (Å²) in [5.74, 6) is 0.0486. The van der Waals surface area contributed by atoms with Crippen molar-refractivity contribution < 1.29 is 19.1 Å². The summed E-state index contributed by atoms with van der Waals surface area (Å²) in [6, 6.07) is 8.75. The van der Waals surface area contributed by atoms with Crippen LogP contribution in [0.5, 0.6) is 5.75 Å². The standard InChI is InChI=1S/C12H14O4/c1-12(2,15-9-13)8-11(14)16-10-6-4-3-5-7-10/h3-7,9H,8H2,1-2H3. The van der Waals surface area contributed by atoms with Crippen LogP contribution in [0.2, 0.25) is 0 Å². The Bertz CT molecular complexity index is 357. The fourth-order valence-electron chi connectivity index (χ4n) is 1.18. The summed E-state index contributed by atoms with van der Waals surface area (Å²) in [5, 5.41) is 0. The fourth-order valence-corrected chi connectivity index (χ4v) is 1.18. The number of hydrogen-bond acceptors (Lipinski definition) is 4. The molecule has 1 rings (SSSR count). The van der Waals surface area contributed by atoms with E-state index >= 15 is 0 Å². The molecule has 86 valence electrons. The van der Waals surface area contributed by atoms with Gasteiger partial charge in [0.15, 0.2) is 0 Å². The van der Waals surface area contributed by atoms with Crippen LogP contribution in [0.1, 0.15) is 20.3 Å². The van der Waals surface area contributed by atoms with E-state index in [9.17, 15) is 9.59 Å². The summed E-state index contributed by atoms with van der Waals surface area (Å²) in [6.45, 7) is 3.62. The van der Waals surface area contributed by atoms with Crippen LogP contribution in [0.3, 0.4) is 0 Å². The Morgan fingerprint density at radius 1 is 1.31 bits per heavy atom. The van der Waals surface area contributed by atoms with Gasteiger partial charge in [0.2, 0.25) is 0 Å². The minimum Gasteiger partial charge on any atom is -0.461 e. The Kier molecular flexibility index (Phi) is 4.05. The van der Waals surface area contributed by atoms with Gasteiger partial charge in [-0.2, -0.15) is 0 Å². The van der Waals surface area contributed by atoms with Crippen LogP contribution in [0.15, 0.2) is 30.3 Å². The molecule has 0 aromatic heterocycles. The molecule has 0 saturated heterocycles. The van der Waals surface area contributed by atoms with Gasteiger partial charge >= 0.3 is 5.97 Å². The average molecular weight is 222 g/mol. The first-order valence-corrected chi connectivity index (χ1v) is 4.91. The van der Waals surface area contributed by atoms with E-state index in [-0.39, 0.29) is 6.42 Å². The molecular formula is C12H14O4. The Balaban J connectivity index is 2.51. The second-order valence-electron chi connectivity index (χ2n) is 3.94. The highest BCUT2D eigenvalue weighted by Crippen LogP contribution is 2.16. The van der Waals surface area contributed by atoms with E-state index in [0.29, 0.717) is 12.2 Å². The Hall–Kier alpha value is -1.84. The molecule has 0 aliphatic carbocycles. The molecule has 0 radical (unpaired) electrons. The first kappa shape index (κ1) is 12.2. The lowest BCUT2D eigenvalue weighted by Gasteiger charge is -2.20. The van der Waals surface area contributed by atoms with Gasteiger partial charge in [-0.3, -0.25) is 9.59 Å². The predicted molar refractivity (Wildman–Crippen MR) is 57.9 cm³/mol. The zero-order valence-corrected chi connectivity index (χ0v) is 9.30. The Morgan fingerprint density at radius 3 is 2.50 bits per heavy atom. The third-order valence-corrected chi connectivity index (χ3v) is 1.91. The van der Waals surface area contributed by atoms with Crippen LogP contribution in [-0.4, -0.2) is 18.0 Å². The lowest BCUT2D eigenvalue weighted by atomic mass is 10.1. The Labute approximate surface area is 94.2 Å². The Morgan fingerprint density at radius 2 is 1.94 bits per heavy atom. The van der Waals surface area contributed by atoms with Crippen molar-refractivity contribution in [3.8, 4) is 5.75 Å². The molecule has 4 heteroatoms. The summed E-state index contributed by atoms with van der Waals surface area (Å²) in [5.41, 5.74) is -0.840. The topological polar surface area (TPSA) is 52.6 Å². The molecule has 0 saturated carbocycles. The van der Waals surface area contributed by atoms with E-state index in [0.717, 1.165) is 0 Å². The van der Waals surface area contributed by atoms with Crippen LogP contribution < -0.4 is 4.74 Å². The number of esters is 1. The van der Waals surface area contributed by atoms with Crippen LogP contribution in [0.25, 0.3) is 0 Å². The monoisotopic (exact) mass is 222 g/mol. The highest BCUT2D eigenvalue weighted by molar-refractivity contribution is 5.73. The van der Waals surface area contributed by atoms with Crippen molar-refractivity contribution in [2.45, 2.75) is 25.9 Å². The predicted octanol–water partition coefficient (Wildman–Crippen LogP) is 1.93. The fraction of sp³-hybridized carbons (Fsp3) is 0.333. The molecule has 4 nitrogen and oxygen atoms in total. The first-order valence-electron chi connectivity index (χ1n) is 4.91. The smallest absolute Gasteiger partial charge is 0.315 e. The van der Waals surface area contributed by atoms with Crippen molar-refractivity contribution in [1.82, 2.24) is 0 Å².